The van der Waals surface area contributed by atoms with Gasteiger partial charge in [0, 0.05) is 18.0 Å². The molecule has 90 valence electrons. The van der Waals surface area contributed by atoms with Crippen molar-refractivity contribution in [3.05, 3.63) is 18.0 Å². The lowest BCUT2D eigenvalue weighted by atomic mass is 9.85. The summed E-state index contributed by atoms with van der Waals surface area (Å²) in [4.78, 5) is 11.8. The van der Waals surface area contributed by atoms with Gasteiger partial charge in [0.2, 0.25) is 0 Å². The SMILES string of the molecule is CC(C)(C)C(CCCl)NC(=O)c1ccon1. The second kappa shape index (κ2) is 5.34. The van der Waals surface area contributed by atoms with Gasteiger partial charge in [0.05, 0.1) is 0 Å². The van der Waals surface area contributed by atoms with Gasteiger partial charge >= 0.3 is 0 Å². The first-order valence-corrected chi connectivity index (χ1v) is 5.76. The zero-order valence-corrected chi connectivity index (χ0v) is 10.5. The van der Waals surface area contributed by atoms with Crippen molar-refractivity contribution in [1.29, 1.82) is 0 Å². The summed E-state index contributed by atoms with van der Waals surface area (Å²) in [6.07, 6.45) is 2.11. The maximum absolute atomic E-state index is 11.8. The van der Waals surface area contributed by atoms with Crippen molar-refractivity contribution in [1.82, 2.24) is 10.5 Å². The highest BCUT2D eigenvalue weighted by atomic mass is 35.5. The number of nitrogens with zero attached hydrogens (tertiary/aromatic N) is 1. The van der Waals surface area contributed by atoms with Crippen LogP contribution in [0.2, 0.25) is 0 Å². The van der Waals surface area contributed by atoms with E-state index in [1.807, 2.05) is 0 Å². The summed E-state index contributed by atoms with van der Waals surface area (Å²) in [5.74, 6) is 0.292. The lowest BCUT2D eigenvalue weighted by Crippen LogP contribution is -2.44. The molecule has 1 aromatic rings. The predicted molar refractivity (Wildman–Crippen MR) is 62.5 cm³/mol. The molecule has 0 saturated heterocycles. The van der Waals surface area contributed by atoms with Gasteiger partial charge in [-0.1, -0.05) is 25.9 Å². The molecule has 1 N–H and O–H groups in total. The third-order valence-corrected chi connectivity index (χ3v) is 2.64. The monoisotopic (exact) mass is 244 g/mol. The number of halogens is 1. The van der Waals surface area contributed by atoms with E-state index in [4.69, 9.17) is 11.6 Å². The van der Waals surface area contributed by atoms with Crippen LogP contribution in [0.15, 0.2) is 16.9 Å². The van der Waals surface area contributed by atoms with Crippen LogP contribution in [0.4, 0.5) is 0 Å². The maximum atomic E-state index is 11.8. The molecular weight excluding hydrogens is 228 g/mol. The highest BCUT2D eigenvalue weighted by Gasteiger charge is 2.26. The molecule has 1 amide bonds. The van der Waals surface area contributed by atoms with Crippen LogP contribution >= 0.6 is 11.6 Å². The Morgan fingerprint density at radius 2 is 2.31 bits per heavy atom. The van der Waals surface area contributed by atoms with Crippen LogP contribution in [0.1, 0.15) is 37.7 Å². The van der Waals surface area contributed by atoms with E-state index in [0.717, 1.165) is 6.42 Å². The predicted octanol–water partition coefficient (Wildman–Crippen LogP) is 2.45. The topological polar surface area (TPSA) is 55.1 Å². The van der Waals surface area contributed by atoms with Gasteiger partial charge in [-0.25, -0.2) is 0 Å². The average Bonchev–Trinajstić information content (AvgIpc) is 2.68. The number of hydrogen-bond acceptors (Lipinski definition) is 3. The van der Waals surface area contributed by atoms with Gasteiger partial charge in [-0.15, -0.1) is 11.6 Å². The number of aromatic nitrogens is 1. The molecule has 1 aromatic heterocycles. The standard InChI is InChI=1S/C11H17ClN2O2/c1-11(2,3)9(4-6-12)13-10(15)8-5-7-16-14-8/h5,7,9H,4,6H2,1-3H3,(H,13,15). The van der Waals surface area contributed by atoms with Gasteiger partial charge in [-0.3, -0.25) is 4.79 Å². The van der Waals surface area contributed by atoms with Gasteiger partial charge in [0.1, 0.15) is 6.26 Å². The van der Waals surface area contributed by atoms with E-state index in [-0.39, 0.29) is 17.4 Å². The van der Waals surface area contributed by atoms with Crippen molar-refractivity contribution < 1.29 is 9.32 Å². The molecule has 4 nitrogen and oxygen atoms in total. The minimum absolute atomic E-state index is 0.0224. The number of rotatable bonds is 4. The fourth-order valence-electron chi connectivity index (χ4n) is 1.39. The molecule has 5 heteroatoms. The van der Waals surface area contributed by atoms with Crippen molar-refractivity contribution in [2.75, 3.05) is 5.88 Å². The van der Waals surface area contributed by atoms with Crippen LogP contribution in [0.5, 0.6) is 0 Å². The summed E-state index contributed by atoms with van der Waals surface area (Å²) in [5, 5.41) is 6.51. The molecule has 0 aromatic carbocycles. The van der Waals surface area contributed by atoms with Crippen LogP contribution in [0, 0.1) is 5.41 Å². The largest absolute Gasteiger partial charge is 0.364 e. The zero-order chi connectivity index (χ0) is 12.2. The summed E-state index contributed by atoms with van der Waals surface area (Å²) in [7, 11) is 0. The Bertz CT molecular complexity index is 330. The molecule has 0 aliphatic rings. The molecule has 1 heterocycles. The molecule has 0 radical (unpaired) electrons. The van der Waals surface area contributed by atoms with Gasteiger partial charge in [-0.2, -0.15) is 0 Å². The Hall–Kier alpha value is -1.03. The summed E-state index contributed by atoms with van der Waals surface area (Å²) >= 11 is 5.73. The molecule has 0 spiro atoms. The van der Waals surface area contributed by atoms with E-state index in [0.29, 0.717) is 11.6 Å². The van der Waals surface area contributed by atoms with Gasteiger partial charge in [0.25, 0.3) is 5.91 Å². The minimum Gasteiger partial charge on any atom is -0.364 e. The molecule has 0 fully saturated rings. The van der Waals surface area contributed by atoms with Crippen LogP contribution in [0.25, 0.3) is 0 Å². The number of carbonyl (C=O) groups excluding carboxylic acids is 1. The van der Waals surface area contributed by atoms with Crippen LogP contribution in [-0.2, 0) is 0 Å². The third kappa shape index (κ3) is 3.52. The second-order valence-corrected chi connectivity index (χ2v) is 5.13. The quantitative estimate of drug-likeness (QED) is 0.828. The fraction of sp³-hybridized carbons (Fsp3) is 0.636. The Morgan fingerprint density at radius 3 is 2.75 bits per heavy atom. The Balaban J connectivity index is 2.66. The van der Waals surface area contributed by atoms with Gasteiger partial charge in [0.15, 0.2) is 5.69 Å². The van der Waals surface area contributed by atoms with Crippen LogP contribution in [0.3, 0.4) is 0 Å². The molecule has 1 rings (SSSR count). The first kappa shape index (κ1) is 13.0. The highest BCUT2D eigenvalue weighted by molar-refractivity contribution is 6.17. The first-order valence-electron chi connectivity index (χ1n) is 5.22. The summed E-state index contributed by atoms with van der Waals surface area (Å²) in [6.45, 7) is 6.19. The Kier molecular flexibility index (Phi) is 4.35. The highest BCUT2D eigenvalue weighted by Crippen LogP contribution is 2.22. The number of carbonyl (C=O) groups is 1. The van der Waals surface area contributed by atoms with Crippen molar-refractivity contribution >= 4 is 17.5 Å². The van der Waals surface area contributed by atoms with Crippen LogP contribution in [-0.4, -0.2) is 23.0 Å². The van der Waals surface area contributed by atoms with Crippen LogP contribution < -0.4 is 5.32 Å². The molecule has 0 bridgehead atoms. The maximum Gasteiger partial charge on any atom is 0.273 e. The molecule has 0 aliphatic carbocycles. The zero-order valence-electron chi connectivity index (χ0n) is 9.79. The molecular formula is C11H17ClN2O2. The van der Waals surface area contributed by atoms with E-state index in [9.17, 15) is 4.79 Å². The average molecular weight is 245 g/mol. The molecule has 0 aliphatic heterocycles. The van der Waals surface area contributed by atoms with Crippen molar-refractivity contribution in [3.63, 3.8) is 0 Å². The lowest BCUT2D eigenvalue weighted by molar-refractivity contribution is 0.0891. The number of alkyl halides is 1. The molecule has 1 atom stereocenters. The third-order valence-electron chi connectivity index (χ3n) is 2.42. The molecule has 1 unspecified atom stereocenters. The number of amides is 1. The van der Waals surface area contributed by atoms with Crippen molar-refractivity contribution in [2.45, 2.75) is 33.2 Å². The smallest absolute Gasteiger partial charge is 0.273 e. The summed E-state index contributed by atoms with van der Waals surface area (Å²) in [5.41, 5.74) is 0.262. The van der Waals surface area contributed by atoms with E-state index < -0.39 is 0 Å². The van der Waals surface area contributed by atoms with Gasteiger partial charge < -0.3 is 9.84 Å². The van der Waals surface area contributed by atoms with Crippen molar-refractivity contribution in [2.24, 2.45) is 5.41 Å². The van der Waals surface area contributed by atoms with Gasteiger partial charge in [-0.05, 0) is 11.8 Å². The van der Waals surface area contributed by atoms with E-state index in [1.54, 1.807) is 0 Å². The summed E-state index contributed by atoms with van der Waals surface area (Å²) < 4.78 is 4.63. The van der Waals surface area contributed by atoms with E-state index in [1.165, 1.54) is 12.3 Å². The Morgan fingerprint density at radius 1 is 1.62 bits per heavy atom. The molecule has 0 saturated carbocycles. The first-order chi connectivity index (χ1) is 7.45. The summed E-state index contributed by atoms with van der Waals surface area (Å²) in [6, 6.07) is 1.56. The number of nitrogens with one attached hydrogen (secondary N) is 1. The number of hydrogen-bond donors (Lipinski definition) is 1. The van der Waals surface area contributed by atoms with Crippen molar-refractivity contribution in [3.8, 4) is 0 Å². The lowest BCUT2D eigenvalue weighted by Gasteiger charge is -2.30. The van der Waals surface area contributed by atoms with E-state index in [2.05, 4.69) is 35.8 Å². The fourth-order valence-corrected chi connectivity index (χ4v) is 1.61. The second-order valence-electron chi connectivity index (χ2n) is 4.75. The normalized spacial score (nSPS) is 13.5. The minimum atomic E-state index is -0.223. The van der Waals surface area contributed by atoms with E-state index >= 15 is 0 Å². The Labute approximate surface area is 100 Å². The molecule has 16 heavy (non-hydrogen) atoms.